The van der Waals surface area contributed by atoms with Crippen molar-refractivity contribution in [2.24, 2.45) is 0 Å². The Kier molecular flexibility index (Phi) is 4.51. The molecule has 0 unspecified atom stereocenters. The number of carbonyl (C=O) groups is 1. The fraction of sp³-hybridized carbons (Fsp3) is 0.350. The number of aromatic nitrogens is 3. The minimum atomic E-state index is -0.153. The maximum absolute atomic E-state index is 14.0. The highest BCUT2D eigenvalue weighted by Crippen LogP contribution is 2.28. The van der Waals surface area contributed by atoms with Crippen LogP contribution in [0.3, 0.4) is 0 Å². The Morgan fingerprint density at radius 3 is 2.96 bits per heavy atom. The van der Waals surface area contributed by atoms with Gasteiger partial charge in [-0.2, -0.15) is 5.10 Å². The molecule has 1 saturated heterocycles. The Morgan fingerprint density at radius 2 is 2.15 bits per heavy atom. The van der Waals surface area contributed by atoms with E-state index in [1.807, 2.05) is 25.1 Å². The molecule has 134 valence electrons. The SMILES string of the molecule is Cc1nn2c([C@H]3CCCN(Cc4ccccc4F)C3)ccnc2c1C=O. The number of aldehydes is 1. The molecule has 0 bridgehead atoms. The van der Waals surface area contributed by atoms with Crippen molar-refractivity contribution < 1.29 is 9.18 Å². The average Bonchev–Trinajstić information content (AvgIpc) is 2.99. The highest BCUT2D eigenvalue weighted by molar-refractivity contribution is 5.85. The maximum atomic E-state index is 14.0. The van der Waals surface area contributed by atoms with Crippen LogP contribution in [-0.4, -0.2) is 38.9 Å². The first-order valence-electron chi connectivity index (χ1n) is 8.92. The summed E-state index contributed by atoms with van der Waals surface area (Å²) in [6.45, 7) is 4.22. The molecule has 0 radical (unpaired) electrons. The topological polar surface area (TPSA) is 50.5 Å². The predicted molar refractivity (Wildman–Crippen MR) is 96.8 cm³/mol. The number of likely N-dealkylation sites (tertiary alicyclic amines) is 1. The number of benzene rings is 1. The van der Waals surface area contributed by atoms with Crippen LogP contribution in [0, 0.1) is 12.7 Å². The number of piperidine rings is 1. The predicted octanol–water partition coefficient (Wildman–Crippen LogP) is 3.37. The van der Waals surface area contributed by atoms with Gasteiger partial charge in [0, 0.05) is 30.8 Å². The molecular formula is C20H21FN4O. The fourth-order valence-corrected chi connectivity index (χ4v) is 3.84. The van der Waals surface area contributed by atoms with Crippen LogP contribution in [0.25, 0.3) is 5.65 Å². The Balaban J connectivity index is 1.61. The van der Waals surface area contributed by atoms with E-state index in [0.29, 0.717) is 23.4 Å². The summed E-state index contributed by atoms with van der Waals surface area (Å²) in [6, 6.07) is 8.93. The molecule has 3 aromatic rings. The van der Waals surface area contributed by atoms with Crippen LogP contribution in [-0.2, 0) is 6.54 Å². The zero-order valence-corrected chi connectivity index (χ0v) is 14.7. The highest BCUT2D eigenvalue weighted by Gasteiger charge is 2.25. The van der Waals surface area contributed by atoms with Crippen LogP contribution >= 0.6 is 0 Å². The van der Waals surface area contributed by atoms with E-state index in [9.17, 15) is 9.18 Å². The summed E-state index contributed by atoms with van der Waals surface area (Å²) >= 11 is 0. The zero-order valence-electron chi connectivity index (χ0n) is 14.7. The molecular weight excluding hydrogens is 331 g/mol. The minimum absolute atomic E-state index is 0.153. The van der Waals surface area contributed by atoms with Crippen molar-refractivity contribution in [2.45, 2.75) is 32.2 Å². The zero-order chi connectivity index (χ0) is 18.1. The second-order valence-corrected chi connectivity index (χ2v) is 6.89. The van der Waals surface area contributed by atoms with Crippen molar-refractivity contribution in [2.75, 3.05) is 13.1 Å². The average molecular weight is 352 g/mol. The van der Waals surface area contributed by atoms with Gasteiger partial charge >= 0.3 is 0 Å². The Labute approximate surface area is 151 Å². The first-order valence-corrected chi connectivity index (χ1v) is 8.92. The lowest BCUT2D eigenvalue weighted by molar-refractivity contribution is 0.112. The molecule has 1 aliphatic heterocycles. The molecule has 3 heterocycles. The number of carbonyl (C=O) groups excluding carboxylic acids is 1. The lowest BCUT2D eigenvalue weighted by atomic mass is 9.94. The third kappa shape index (κ3) is 3.01. The summed E-state index contributed by atoms with van der Waals surface area (Å²) < 4.78 is 15.8. The van der Waals surface area contributed by atoms with Gasteiger partial charge < -0.3 is 0 Å². The van der Waals surface area contributed by atoms with Crippen LogP contribution < -0.4 is 0 Å². The Hall–Kier alpha value is -2.60. The molecule has 1 aromatic carbocycles. The molecule has 4 rings (SSSR count). The monoisotopic (exact) mass is 352 g/mol. The van der Waals surface area contributed by atoms with E-state index in [-0.39, 0.29) is 11.7 Å². The van der Waals surface area contributed by atoms with Gasteiger partial charge in [-0.25, -0.2) is 13.9 Å². The summed E-state index contributed by atoms with van der Waals surface area (Å²) in [7, 11) is 0. The van der Waals surface area contributed by atoms with Crippen LogP contribution in [0.1, 0.15) is 46.1 Å². The second kappa shape index (κ2) is 6.96. The van der Waals surface area contributed by atoms with Gasteiger partial charge in [-0.05, 0) is 38.4 Å². The molecule has 2 aromatic heterocycles. The van der Waals surface area contributed by atoms with Crippen molar-refractivity contribution >= 4 is 11.9 Å². The standard InChI is InChI=1S/C20H21FN4O/c1-14-17(13-26)20-22-9-8-19(25(20)23-14)16-6-4-10-24(12-16)11-15-5-2-3-7-18(15)21/h2-3,5,7-9,13,16H,4,6,10-12H2,1H3/t16-/m0/s1. The van der Waals surface area contributed by atoms with Gasteiger partial charge in [0.2, 0.25) is 0 Å². The number of aryl methyl sites for hydroxylation is 1. The van der Waals surface area contributed by atoms with Gasteiger partial charge in [0.1, 0.15) is 5.82 Å². The van der Waals surface area contributed by atoms with Gasteiger partial charge in [-0.1, -0.05) is 18.2 Å². The molecule has 0 amide bonds. The van der Waals surface area contributed by atoms with Crippen LogP contribution in [0.4, 0.5) is 4.39 Å². The molecule has 1 aliphatic rings. The number of nitrogens with zero attached hydrogens (tertiary/aromatic N) is 4. The van der Waals surface area contributed by atoms with Gasteiger partial charge in [-0.3, -0.25) is 9.69 Å². The smallest absolute Gasteiger partial charge is 0.166 e. The van der Waals surface area contributed by atoms with Crippen LogP contribution in [0.15, 0.2) is 36.5 Å². The number of hydrogen-bond acceptors (Lipinski definition) is 4. The van der Waals surface area contributed by atoms with Gasteiger partial charge in [0.05, 0.1) is 17.0 Å². The van der Waals surface area contributed by atoms with Gasteiger partial charge in [0.25, 0.3) is 0 Å². The largest absolute Gasteiger partial charge is 0.298 e. The molecule has 0 spiro atoms. The van der Waals surface area contributed by atoms with E-state index in [1.165, 1.54) is 6.07 Å². The molecule has 0 N–H and O–H groups in total. The van der Waals surface area contributed by atoms with E-state index in [2.05, 4.69) is 15.0 Å². The van der Waals surface area contributed by atoms with Gasteiger partial charge in [0.15, 0.2) is 11.9 Å². The maximum Gasteiger partial charge on any atom is 0.166 e. The van der Waals surface area contributed by atoms with Gasteiger partial charge in [-0.15, -0.1) is 0 Å². The fourth-order valence-electron chi connectivity index (χ4n) is 3.84. The first kappa shape index (κ1) is 16.8. The summed E-state index contributed by atoms with van der Waals surface area (Å²) in [5, 5.41) is 4.53. The van der Waals surface area contributed by atoms with Crippen LogP contribution in [0.2, 0.25) is 0 Å². The normalized spacial score (nSPS) is 18.3. The van der Waals surface area contributed by atoms with Crippen LogP contribution in [0.5, 0.6) is 0 Å². The summed E-state index contributed by atoms with van der Waals surface area (Å²) in [5.74, 6) is 0.124. The molecule has 26 heavy (non-hydrogen) atoms. The van der Waals surface area contributed by atoms with E-state index in [4.69, 9.17) is 0 Å². The lowest BCUT2D eigenvalue weighted by Gasteiger charge is -2.33. The lowest BCUT2D eigenvalue weighted by Crippen LogP contribution is -2.34. The highest BCUT2D eigenvalue weighted by atomic mass is 19.1. The van der Waals surface area contributed by atoms with Crippen molar-refractivity contribution in [1.82, 2.24) is 19.5 Å². The van der Waals surface area contributed by atoms with Crippen molar-refractivity contribution in [1.29, 1.82) is 0 Å². The third-order valence-corrected chi connectivity index (χ3v) is 5.16. The second-order valence-electron chi connectivity index (χ2n) is 6.89. The third-order valence-electron chi connectivity index (χ3n) is 5.16. The molecule has 1 fully saturated rings. The van der Waals surface area contributed by atoms with E-state index in [1.54, 1.807) is 16.8 Å². The van der Waals surface area contributed by atoms with Crippen molar-refractivity contribution in [3.05, 3.63) is 64.9 Å². The summed E-state index contributed by atoms with van der Waals surface area (Å²) in [4.78, 5) is 18.0. The molecule has 0 saturated carbocycles. The quantitative estimate of drug-likeness (QED) is 0.676. The van der Waals surface area contributed by atoms with E-state index in [0.717, 1.165) is 43.5 Å². The molecule has 6 heteroatoms. The molecule has 5 nitrogen and oxygen atoms in total. The number of halogens is 1. The molecule has 0 aliphatic carbocycles. The Morgan fingerprint density at radius 1 is 1.31 bits per heavy atom. The van der Waals surface area contributed by atoms with E-state index >= 15 is 0 Å². The summed E-state index contributed by atoms with van der Waals surface area (Å²) in [6.07, 6.45) is 4.65. The molecule has 1 atom stereocenters. The number of hydrogen-bond donors (Lipinski definition) is 0. The number of rotatable bonds is 4. The summed E-state index contributed by atoms with van der Waals surface area (Å²) in [5.41, 5.74) is 3.64. The van der Waals surface area contributed by atoms with Crippen molar-refractivity contribution in [3.63, 3.8) is 0 Å². The van der Waals surface area contributed by atoms with Crippen molar-refractivity contribution in [3.8, 4) is 0 Å². The first-order chi connectivity index (χ1) is 12.7. The number of fused-ring (bicyclic) bond motifs is 1. The Bertz CT molecular complexity index is 952. The van der Waals surface area contributed by atoms with E-state index < -0.39 is 0 Å². The minimum Gasteiger partial charge on any atom is -0.298 e.